The molecule has 0 unspecified atom stereocenters. The Morgan fingerprint density at radius 2 is 1.70 bits per heavy atom. The molecule has 1 amide bonds. The lowest BCUT2D eigenvalue weighted by atomic mass is 10.1. The van der Waals surface area contributed by atoms with Gasteiger partial charge in [-0.05, 0) is 18.2 Å². The third-order valence-electron chi connectivity index (χ3n) is 2.73. The second-order valence-corrected chi connectivity index (χ2v) is 4.17. The van der Waals surface area contributed by atoms with Gasteiger partial charge in [0.05, 0.1) is 12.1 Å². The number of phenolic OH excluding ortho intramolecular Hbond substituents is 2. The van der Waals surface area contributed by atoms with Gasteiger partial charge in [0.2, 0.25) is 0 Å². The summed E-state index contributed by atoms with van der Waals surface area (Å²) in [5, 5.41) is 21.2. The Bertz CT molecular complexity index is 638. The van der Waals surface area contributed by atoms with Crippen LogP contribution in [-0.4, -0.2) is 28.4 Å². The second kappa shape index (κ2) is 5.88. The van der Waals surface area contributed by atoms with Crippen LogP contribution in [0.15, 0.2) is 48.5 Å². The number of amides is 1. The summed E-state index contributed by atoms with van der Waals surface area (Å²) in [6, 6.07) is 12.2. The number of Topliss-reactive ketones (excluding diaryl/α,β-unsaturated/α-hetero) is 1. The van der Waals surface area contributed by atoms with Gasteiger partial charge in [-0.1, -0.05) is 30.3 Å². The van der Waals surface area contributed by atoms with Gasteiger partial charge in [-0.25, -0.2) is 0 Å². The van der Waals surface area contributed by atoms with Crippen molar-refractivity contribution in [1.29, 1.82) is 0 Å². The van der Waals surface area contributed by atoms with Crippen LogP contribution in [0.2, 0.25) is 0 Å². The number of hydrogen-bond donors (Lipinski definition) is 3. The third kappa shape index (κ3) is 3.14. The molecule has 0 aliphatic heterocycles. The smallest absolute Gasteiger partial charge is 0.255 e. The first-order valence-corrected chi connectivity index (χ1v) is 5.96. The Morgan fingerprint density at radius 1 is 1.00 bits per heavy atom. The standard InChI is InChI=1S/C15H13NO4/c17-11-6-7-13(18)12(8-11)15(20)16-9-14(19)10-4-2-1-3-5-10/h1-8,17-18H,9H2,(H,16,20). The van der Waals surface area contributed by atoms with Crippen LogP contribution in [0.1, 0.15) is 20.7 Å². The monoisotopic (exact) mass is 271 g/mol. The maximum atomic E-state index is 11.8. The van der Waals surface area contributed by atoms with Gasteiger partial charge in [-0.3, -0.25) is 9.59 Å². The summed E-state index contributed by atoms with van der Waals surface area (Å²) >= 11 is 0. The van der Waals surface area contributed by atoms with Gasteiger partial charge in [-0.15, -0.1) is 0 Å². The van der Waals surface area contributed by atoms with Crippen LogP contribution in [0.25, 0.3) is 0 Å². The summed E-state index contributed by atoms with van der Waals surface area (Å²) < 4.78 is 0. The summed E-state index contributed by atoms with van der Waals surface area (Å²) in [6.07, 6.45) is 0. The zero-order valence-corrected chi connectivity index (χ0v) is 10.5. The average molecular weight is 271 g/mol. The zero-order valence-electron chi connectivity index (χ0n) is 10.5. The van der Waals surface area contributed by atoms with Crippen LogP contribution in [-0.2, 0) is 0 Å². The molecule has 0 aliphatic rings. The number of carbonyl (C=O) groups excluding carboxylic acids is 2. The molecule has 0 spiro atoms. The molecule has 0 saturated heterocycles. The maximum absolute atomic E-state index is 11.8. The average Bonchev–Trinajstić information content (AvgIpc) is 2.47. The van der Waals surface area contributed by atoms with Crippen LogP contribution >= 0.6 is 0 Å². The quantitative estimate of drug-likeness (QED) is 0.583. The first-order chi connectivity index (χ1) is 9.58. The molecule has 5 heteroatoms. The number of carbonyl (C=O) groups is 2. The van der Waals surface area contributed by atoms with Crippen molar-refractivity contribution < 1.29 is 19.8 Å². The van der Waals surface area contributed by atoms with Gasteiger partial charge in [-0.2, -0.15) is 0 Å². The van der Waals surface area contributed by atoms with Gasteiger partial charge in [0.15, 0.2) is 5.78 Å². The molecule has 2 aromatic carbocycles. The molecular formula is C15H13NO4. The number of hydrogen-bond acceptors (Lipinski definition) is 4. The number of phenols is 2. The first-order valence-electron chi connectivity index (χ1n) is 5.96. The first kappa shape index (κ1) is 13.6. The largest absolute Gasteiger partial charge is 0.508 e. The van der Waals surface area contributed by atoms with E-state index in [0.29, 0.717) is 5.56 Å². The molecule has 0 bridgehead atoms. The minimum absolute atomic E-state index is 0.0779. The number of ketones is 1. The Kier molecular flexibility index (Phi) is 4.00. The van der Waals surface area contributed by atoms with E-state index in [1.807, 2.05) is 0 Å². The van der Waals surface area contributed by atoms with Crippen molar-refractivity contribution in [3.05, 3.63) is 59.7 Å². The number of rotatable bonds is 4. The van der Waals surface area contributed by atoms with Crippen LogP contribution in [0, 0.1) is 0 Å². The summed E-state index contributed by atoms with van der Waals surface area (Å²) in [5.41, 5.74) is 0.416. The molecule has 0 radical (unpaired) electrons. The molecule has 3 N–H and O–H groups in total. The SMILES string of the molecule is O=C(CNC(=O)c1cc(O)ccc1O)c1ccccc1. The van der Waals surface area contributed by atoms with Crippen molar-refractivity contribution >= 4 is 11.7 Å². The molecule has 0 fully saturated rings. The normalized spacial score (nSPS) is 10.0. The van der Waals surface area contributed by atoms with Crippen molar-refractivity contribution in [3.63, 3.8) is 0 Å². The van der Waals surface area contributed by atoms with Gasteiger partial charge in [0.25, 0.3) is 5.91 Å². The van der Waals surface area contributed by atoms with Crippen LogP contribution in [0.3, 0.4) is 0 Å². The molecule has 2 rings (SSSR count). The predicted molar refractivity (Wildman–Crippen MR) is 72.9 cm³/mol. The third-order valence-corrected chi connectivity index (χ3v) is 2.73. The molecule has 0 atom stereocenters. The van der Waals surface area contributed by atoms with E-state index in [4.69, 9.17) is 0 Å². The highest BCUT2D eigenvalue weighted by molar-refractivity contribution is 6.03. The highest BCUT2D eigenvalue weighted by atomic mass is 16.3. The Balaban J connectivity index is 2.02. The lowest BCUT2D eigenvalue weighted by Gasteiger charge is -2.07. The molecule has 20 heavy (non-hydrogen) atoms. The Labute approximate surface area is 115 Å². The topological polar surface area (TPSA) is 86.6 Å². The van der Waals surface area contributed by atoms with Gasteiger partial charge < -0.3 is 15.5 Å². The predicted octanol–water partition coefficient (Wildman–Crippen LogP) is 1.71. The molecule has 0 saturated carbocycles. The van der Waals surface area contributed by atoms with E-state index in [2.05, 4.69) is 5.32 Å². The summed E-state index contributed by atoms with van der Waals surface area (Å²) in [5.74, 6) is -1.25. The minimum atomic E-state index is -0.623. The van der Waals surface area contributed by atoms with Gasteiger partial charge in [0, 0.05) is 5.56 Å². The van der Waals surface area contributed by atoms with Gasteiger partial charge >= 0.3 is 0 Å². The van der Waals surface area contributed by atoms with E-state index in [1.54, 1.807) is 30.3 Å². The Hall–Kier alpha value is -2.82. The van der Waals surface area contributed by atoms with Crippen LogP contribution in [0.4, 0.5) is 0 Å². The minimum Gasteiger partial charge on any atom is -0.508 e. The fourth-order valence-electron chi connectivity index (χ4n) is 1.69. The summed E-state index contributed by atoms with van der Waals surface area (Å²) in [4.78, 5) is 23.6. The van der Waals surface area contributed by atoms with E-state index in [-0.39, 0.29) is 29.4 Å². The van der Waals surface area contributed by atoms with E-state index < -0.39 is 5.91 Å². The van der Waals surface area contributed by atoms with Crippen molar-refractivity contribution in [3.8, 4) is 11.5 Å². The molecule has 0 aromatic heterocycles. The highest BCUT2D eigenvalue weighted by Gasteiger charge is 2.13. The fraction of sp³-hybridized carbons (Fsp3) is 0.0667. The van der Waals surface area contributed by atoms with Crippen molar-refractivity contribution in [2.24, 2.45) is 0 Å². The summed E-state index contributed by atoms with van der Waals surface area (Å²) in [7, 11) is 0. The van der Waals surface area contributed by atoms with Crippen molar-refractivity contribution in [2.75, 3.05) is 6.54 Å². The number of aromatic hydroxyl groups is 2. The lowest BCUT2D eigenvalue weighted by Crippen LogP contribution is -2.29. The number of benzene rings is 2. The second-order valence-electron chi connectivity index (χ2n) is 4.17. The molecule has 0 heterocycles. The Morgan fingerprint density at radius 3 is 2.40 bits per heavy atom. The molecule has 5 nitrogen and oxygen atoms in total. The van der Waals surface area contributed by atoms with Crippen molar-refractivity contribution in [1.82, 2.24) is 5.32 Å². The van der Waals surface area contributed by atoms with E-state index >= 15 is 0 Å². The van der Waals surface area contributed by atoms with Crippen molar-refractivity contribution in [2.45, 2.75) is 0 Å². The maximum Gasteiger partial charge on any atom is 0.255 e. The molecular weight excluding hydrogens is 258 g/mol. The van der Waals surface area contributed by atoms with E-state index in [0.717, 1.165) is 6.07 Å². The molecule has 102 valence electrons. The van der Waals surface area contributed by atoms with Crippen LogP contribution < -0.4 is 5.32 Å². The summed E-state index contributed by atoms with van der Waals surface area (Å²) in [6.45, 7) is -0.183. The molecule has 2 aromatic rings. The van der Waals surface area contributed by atoms with E-state index in [1.165, 1.54) is 12.1 Å². The lowest BCUT2D eigenvalue weighted by molar-refractivity contribution is 0.0902. The fourth-order valence-corrected chi connectivity index (χ4v) is 1.69. The van der Waals surface area contributed by atoms with Crippen LogP contribution in [0.5, 0.6) is 11.5 Å². The zero-order chi connectivity index (χ0) is 14.5. The highest BCUT2D eigenvalue weighted by Crippen LogP contribution is 2.21. The number of nitrogens with one attached hydrogen (secondary N) is 1. The van der Waals surface area contributed by atoms with Gasteiger partial charge in [0.1, 0.15) is 11.5 Å². The van der Waals surface area contributed by atoms with E-state index in [9.17, 15) is 19.8 Å². The molecule has 0 aliphatic carbocycles.